The second-order valence-electron chi connectivity index (χ2n) is 4.31. The first kappa shape index (κ1) is 17.8. The highest BCUT2D eigenvalue weighted by Gasteiger charge is 2.16. The van der Waals surface area contributed by atoms with Crippen LogP contribution in [0.1, 0.15) is 13.3 Å². The van der Waals surface area contributed by atoms with Gasteiger partial charge in [-0.05, 0) is 22.4 Å². The van der Waals surface area contributed by atoms with Crippen LogP contribution in [0.3, 0.4) is 0 Å². The summed E-state index contributed by atoms with van der Waals surface area (Å²) in [4.78, 5) is 14.3. The summed E-state index contributed by atoms with van der Waals surface area (Å²) < 4.78 is 24.7. The summed E-state index contributed by atoms with van der Waals surface area (Å²) in [5.74, 6) is 0.172. The molecule has 0 aromatic carbocycles. The number of rotatable bonds is 8. The van der Waals surface area contributed by atoms with Crippen molar-refractivity contribution < 1.29 is 13.3 Å². The van der Waals surface area contributed by atoms with Gasteiger partial charge < -0.3 is 5.32 Å². The molecule has 1 aromatic heterocycles. The molecule has 0 unspecified atom stereocenters. The molecule has 8 nitrogen and oxygen atoms in total. The number of nitrogens with zero attached hydrogens (tertiary/aromatic N) is 3. The molecule has 0 amide bonds. The van der Waals surface area contributed by atoms with Crippen molar-refractivity contribution in [3.8, 4) is 0 Å². The van der Waals surface area contributed by atoms with E-state index in [4.69, 9.17) is 0 Å². The zero-order valence-electron chi connectivity index (χ0n) is 11.7. The molecule has 0 atom stereocenters. The van der Waals surface area contributed by atoms with E-state index in [-0.39, 0.29) is 11.5 Å². The minimum absolute atomic E-state index is 0.125. The van der Waals surface area contributed by atoms with E-state index in [9.17, 15) is 18.5 Å². The minimum Gasteiger partial charge on any atom is -0.364 e. The first-order valence-corrected chi connectivity index (χ1v) is 8.88. The second kappa shape index (κ2) is 7.66. The average molecular weight is 381 g/mol. The number of aromatic nitrogens is 1. The van der Waals surface area contributed by atoms with Gasteiger partial charge in [-0.1, -0.05) is 6.92 Å². The molecule has 0 fully saturated rings. The fourth-order valence-corrected chi connectivity index (χ4v) is 2.97. The topological polar surface area (TPSA) is 105 Å². The summed E-state index contributed by atoms with van der Waals surface area (Å²) in [6, 6.07) is 1.37. The average Bonchev–Trinajstić information content (AvgIpc) is 2.38. The van der Waals surface area contributed by atoms with Gasteiger partial charge in [-0.15, -0.1) is 0 Å². The van der Waals surface area contributed by atoms with E-state index in [1.54, 1.807) is 6.92 Å². The van der Waals surface area contributed by atoms with Gasteiger partial charge in [-0.3, -0.25) is 10.1 Å². The summed E-state index contributed by atoms with van der Waals surface area (Å²) in [5, 5.41) is 13.8. The largest absolute Gasteiger partial charge is 0.364 e. The number of hydrogen-bond donors (Lipinski definition) is 1. The smallest absolute Gasteiger partial charge is 0.312 e. The Hall–Kier alpha value is -1.26. The van der Waals surface area contributed by atoms with Gasteiger partial charge in [-0.25, -0.2) is 17.7 Å². The van der Waals surface area contributed by atoms with Crippen LogP contribution < -0.4 is 5.32 Å². The van der Waals surface area contributed by atoms with E-state index in [1.807, 2.05) is 0 Å². The Morgan fingerprint density at radius 2 is 2.19 bits per heavy atom. The zero-order valence-corrected chi connectivity index (χ0v) is 14.1. The lowest BCUT2D eigenvalue weighted by molar-refractivity contribution is -0.384. The monoisotopic (exact) mass is 380 g/mol. The summed E-state index contributed by atoms with van der Waals surface area (Å²) in [6.07, 6.45) is 3.14. The van der Waals surface area contributed by atoms with E-state index in [1.165, 1.54) is 16.6 Å². The maximum Gasteiger partial charge on any atom is 0.312 e. The highest BCUT2D eigenvalue weighted by Crippen LogP contribution is 2.25. The molecule has 1 heterocycles. The lowest BCUT2D eigenvalue weighted by Gasteiger charge is -2.17. The quantitative estimate of drug-likeness (QED) is 0.419. The van der Waals surface area contributed by atoms with Crippen molar-refractivity contribution in [3.63, 3.8) is 0 Å². The molecular weight excluding hydrogens is 364 g/mol. The number of anilines is 1. The lowest BCUT2D eigenvalue weighted by atomic mass is 10.3. The van der Waals surface area contributed by atoms with Gasteiger partial charge in [0.2, 0.25) is 15.8 Å². The molecule has 0 saturated heterocycles. The summed E-state index contributed by atoms with van der Waals surface area (Å²) in [6.45, 7) is 2.90. The van der Waals surface area contributed by atoms with Crippen molar-refractivity contribution in [1.82, 2.24) is 9.29 Å². The Bertz CT molecular complexity index is 608. The van der Waals surface area contributed by atoms with Gasteiger partial charge in [0.15, 0.2) is 0 Å². The van der Waals surface area contributed by atoms with E-state index in [2.05, 4.69) is 26.2 Å². The molecule has 21 heavy (non-hydrogen) atoms. The van der Waals surface area contributed by atoms with Gasteiger partial charge in [0.05, 0.1) is 11.2 Å². The molecule has 0 aliphatic rings. The van der Waals surface area contributed by atoms with Crippen molar-refractivity contribution in [2.75, 3.05) is 31.2 Å². The van der Waals surface area contributed by atoms with Crippen molar-refractivity contribution in [1.29, 1.82) is 0 Å². The molecular formula is C11H17BrN4O4S. The van der Waals surface area contributed by atoms with Gasteiger partial charge in [0.1, 0.15) is 0 Å². The number of halogens is 1. The Balaban J connectivity index is 2.59. The zero-order chi connectivity index (χ0) is 16.0. The molecule has 0 aliphatic heterocycles. The first-order valence-electron chi connectivity index (χ1n) is 6.24. The third-order valence-electron chi connectivity index (χ3n) is 2.73. The molecule has 1 rings (SSSR count). The Morgan fingerprint density at radius 1 is 1.52 bits per heavy atom. The molecule has 0 spiro atoms. The third-order valence-corrected chi connectivity index (χ3v) is 4.54. The summed E-state index contributed by atoms with van der Waals surface area (Å²) >= 11 is 3.13. The molecule has 1 N–H and O–H groups in total. The molecule has 1 aromatic rings. The number of nitrogens with one attached hydrogen (secondary N) is 1. The van der Waals surface area contributed by atoms with Crippen LogP contribution in [-0.2, 0) is 10.0 Å². The minimum atomic E-state index is -3.21. The highest BCUT2D eigenvalue weighted by molar-refractivity contribution is 9.10. The summed E-state index contributed by atoms with van der Waals surface area (Å²) in [7, 11) is -3.21. The molecule has 0 saturated carbocycles. The maximum atomic E-state index is 11.4. The number of sulfonamides is 1. The van der Waals surface area contributed by atoms with Crippen molar-refractivity contribution >= 4 is 37.5 Å². The standard InChI is InChI=1S/C11H17BrN4O4S/c1-3-15(21(2,19)20)6-4-5-13-11-10(16(17)18)7-9(12)8-14-11/h7-8H,3-6H2,1-2H3,(H,13,14). The fourth-order valence-electron chi connectivity index (χ4n) is 1.72. The predicted octanol–water partition coefficient (Wildman–Crippen LogP) is 1.84. The van der Waals surface area contributed by atoms with Crippen LogP contribution in [0.4, 0.5) is 11.5 Å². The van der Waals surface area contributed by atoms with Crippen molar-refractivity contribution in [3.05, 3.63) is 26.9 Å². The third kappa shape index (κ3) is 5.56. The van der Waals surface area contributed by atoms with Gasteiger partial charge in [0, 0.05) is 36.4 Å². The predicted molar refractivity (Wildman–Crippen MR) is 83.8 cm³/mol. The summed E-state index contributed by atoms with van der Waals surface area (Å²) in [5.41, 5.74) is -0.125. The molecule has 0 bridgehead atoms. The Morgan fingerprint density at radius 3 is 2.71 bits per heavy atom. The van der Waals surface area contributed by atoms with Crippen LogP contribution >= 0.6 is 15.9 Å². The fraction of sp³-hybridized carbons (Fsp3) is 0.545. The number of hydrogen-bond acceptors (Lipinski definition) is 6. The SMILES string of the molecule is CCN(CCCNc1ncc(Br)cc1[N+](=O)[O-])S(C)(=O)=O. The van der Waals surface area contributed by atoms with Crippen LogP contribution in [-0.4, -0.2) is 48.5 Å². The van der Waals surface area contributed by atoms with E-state index in [0.717, 1.165) is 6.26 Å². The Labute approximate surface area is 131 Å². The van der Waals surface area contributed by atoms with Crippen LogP contribution in [0.2, 0.25) is 0 Å². The molecule has 118 valence electrons. The van der Waals surface area contributed by atoms with Crippen LogP contribution in [0.25, 0.3) is 0 Å². The highest BCUT2D eigenvalue weighted by atomic mass is 79.9. The van der Waals surface area contributed by atoms with Gasteiger partial charge >= 0.3 is 5.69 Å². The van der Waals surface area contributed by atoms with Gasteiger partial charge in [-0.2, -0.15) is 0 Å². The number of nitro groups is 1. The van der Waals surface area contributed by atoms with E-state index in [0.29, 0.717) is 30.5 Å². The van der Waals surface area contributed by atoms with E-state index < -0.39 is 14.9 Å². The molecule has 10 heteroatoms. The molecule has 0 radical (unpaired) electrons. The van der Waals surface area contributed by atoms with Crippen LogP contribution in [0, 0.1) is 10.1 Å². The number of pyridine rings is 1. The second-order valence-corrected chi connectivity index (χ2v) is 7.21. The molecule has 0 aliphatic carbocycles. The van der Waals surface area contributed by atoms with Gasteiger partial charge in [0.25, 0.3) is 0 Å². The lowest BCUT2D eigenvalue weighted by Crippen LogP contribution is -2.31. The Kier molecular flexibility index (Phi) is 6.49. The normalized spacial score (nSPS) is 11.6. The maximum absolute atomic E-state index is 11.4. The van der Waals surface area contributed by atoms with E-state index >= 15 is 0 Å². The van der Waals surface area contributed by atoms with Crippen molar-refractivity contribution in [2.45, 2.75) is 13.3 Å². The van der Waals surface area contributed by atoms with Crippen LogP contribution in [0.15, 0.2) is 16.7 Å². The first-order chi connectivity index (χ1) is 9.75. The van der Waals surface area contributed by atoms with Crippen molar-refractivity contribution in [2.24, 2.45) is 0 Å². The van der Waals surface area contributed by atoms with Crippen LogP contribution in [0.5, 0.6) is 0 Å².